The molecule has 2 amide bonds. The number of anilines is 1. The van der Waals surface area contributed by atoms with Gasteiger partial charge in [-0.1, -0.05) is 41.9 Å². The van der Waals surface area contributed by atoms with E-state index < -0.39 is 0 Å². The molecule has 0 aromatic heterocycles. The first kappa shape index (κ1) is 19.4. The normalized spacial score (nSPS) is 21.3. The van der Waals surface area contributed by atoms with E-state index in [1.54, 1.807) is 4.90 Å². The zero-order valence-electron chi connectivity index (χ0n) is 16.3. The fourth-order valence-corrected chi connectivity index (χ4v) is 5.28. The van der Waals surface area contributed by atoms with Gasteiger partial charge in [-0.15, -0.1) is 0 Å². The number of amidine groups is 1. The number of hydrogen-bond acceptors (Lipinski definition) is 4. The summed E-state index contributed by atoms with van der Waals surface area (Å²) in [7, 11) is 0. The number of hydrogen-bond donors (Lipinski definition) is 0. The zero-order chi connectivity index (χ0) is 20.7. The summed E-state index contributed by atoms with van der Waals surface area (Å²) in [6.07, 6.45) is 3.43. The monoisotopic (exact) mass is 437 g/mol. The molecule has 0 spiro atoms. The third-order valence-electron chi connectivity index (χ3n) is 5.62. The molecular weight excluding hydrogens is 418 g/mol. The van der Waals surface area contributed by atoms with E-state index in [1.165, 1.54) is 18.2 Å². The third kappa shape index (κ3) is 3.44. The van der Waals surface area contributed by atoms with Gasteiger partial charge in [0.15, 0.2) is 5.17 Å². The predicted molar refractivity (Wildman–Crippen MR) is 121 cm³/mol. The van der Waals surface area contributed by atoms with E-state index in [1.807, 2.05) is 48.5 Å². The molecule has 7 heteroatoms. The van der Waals surface area contributed by atoms with Crippen LogP contribution in [0.4, 0.5) is 5.69 Å². The van der Waals surface area contributed by atoms with Gasteiger partial charge < -0.3 is 9.80 Å². The Morgan fingerprint density at radius 3 is 2.47 bits per heavy atom. The molecule has 2 aromatic rings. The largest absolute Gasteiger partial charge is 0.351 e. The van der Waals surface area contributed by atoms with Crippen molar-refractivity contribution >= 4 is 51.6 Å². The molecule has 2 aromatic carbocycles. The standard InChI is InChI=1S/C23H20ClN3O2S/c24-16-10-8-15(9-11-16)14-27-18-7-3-2-6-17(18)19(22(27)29)20-21(28)25-23(30-20)26-12-4-1-5-13-26/h2-3,6-11H,1,4-5,12-14H2/b20-19-. The number of carbonyl (C=O) groups excluding carboxylic acids is 2. The summed E-state index contributed by atoms with van der Waals surface area (Å²) in [5.74, 6) is -0.468. The molecule has 5 nitrogen and oxygen atoms in total. The van der Waals surface area contributed by atoms with Crippen LogP contribution in [0.3, 0.4) is 0 Å². The Hall–Kier alpha value is -2.57. The van der Waals surface area contributed by atoms with E-state index in [0.29, 0.717) is 22.0 Å². The number of halogens is 1. The van der Waals surface area contributed by atoms with Crippen LogP contribution >= 0.6 is 23.4 Å². The first-order valence-corrected chi connectivity index (χ1v) is 11.3. The lowest BCUT2D eigenvalue weighted by molar-refractivity contribution is -0.115. The SMILES string of the molecule is O=C1N=C(N2CCCCC2)S/C1=C1\C(=O)N(Cc2ccc(Cl)cc2)c2ccccc21. The van der Waals surface area contributed by atoms with Gasteiger partial charge in [0.05, 0.1) is 22.7 Å². The molecule has 0 aliphatic carbocycles. The van der Waals surface area contributed by atoms with Crippen molar-refractivity contribution in [3.63, 3.8) is 0 Å². The van der Waals surface area contributed by atoms with Gasteiger partial charge in [-0.05, 0) is 54.8 Å². The molecule has 30 heavy (non-hydrogen) atoms. The van der Waals surface area contributed by atoms with E-state index in [-0.39, 0.29) is 11.8 Å². The lowest BCUT2D eigenvalue weighted by atomic mass is 10.1. The number of rotatable bonds is 2. The molecule has 0 radical (unpaired) electrons. The topological polar surface area (TPSA) is 53.0 Å². The summed E-state index contributed by atoms with van der Waals surface area (Å²) in [5.41, 5.74) is 3.05. The minimum Gasteiger partial charge on any atom is -0.351 e. The number of nitrogens with zero attached hydrogens (tertiary/aromatic N) is 3. The predicted octanol–water partition coefficient (Wildman–Crippen LogP) is 4.71. The van der Waals surface area contributed by atoms with Crippen molar-refractivity contribution in [3.05, 3.63) is 69.6 Å². The highest BCUT2D eigenvalue weighted by atomic mass is 35.5. The second-order valence-electron chi connectivity index (χ2n) is 7.59. The minimum atomic E-state index is -0.313. The van der Waals surface area contributed by atoms with Crippen LogP contribution in [0.25, 0.3) is 5.57 Å². The van der Waals surface area contributed by atoms with Gasteiger partial charge >= 0.3 is 0 Å². The Morgan fingerprint density at radius 1 is 0.967 bits per heavy atom. The van der Waals surface area contributed by atoms with Crippen LogP contribution in [-0.4, -0.2) is 35.0 Å². The van der Waals surface area contributed by atoms with Gasteiger partial charge in [-0.25, -0.2) is 0 Å². The first-order valence-electron chi connectivity index (χ1n) is 10.1. The molecule has 3 aliphatic rings. The number of piperidine rings is 1. The van der Waals surface area contributed by atoms with Gasteiger partial charge in [0.2, 0.25) is 0 Å². The minimum absolute atomic E-state index is 0.155. The van der Waals surface area contributed by atoms with Crippen LogP contribution in [0.15, 0.2) is 58.4 Å². The Kier molecular flexibility index (Phi) is 5.13. The molecule has 0 saturated carbocycles. The molecule has 0 atom stereocenters. The highest BCUT2D eigenvalue weighted by Gasteiger charge is 2.39. The Labute approximate surface area is 184 Å². The second kappa shape index (κ2) is 7.93. The highest BCUT2D eigenvalue weighted by molar-refractivity contribution is 8.18. The van der Waals surface area contributed by atoms with Crippen molar-refractivity contribution in [2.45, 2.75) is 25.8 Å². The fourth-order valence-electron chi connectivity index (χ4n) is 4.10. The van der Waals surface area contributed by atoms with Crippen molar-refractivity contribution < 1.29 is 9.59 Å². The van der Waals surface area contributed by atoms with Crippen molar-refractivity contribution in [1.29, 1.82) is 0 Å². The number of carbonyl (C=O) groups is 2. The summed E-state index contributed by atoms with van der Waals surface area (Å²) in [6, 6.07) is 15.1. The van der Waals surface area contributed by atoms with E-state index in [9.17, 15) is 9.59 Å². The number of aliphatic imine (C=N–C) groups is 1. The number of para-hydroxylation sites is 1. The second-order valence-corrected chi connectivity index (χ2v) is 9.00. The summed E-state index contributed by atoms with van der Waals surface area (Å²) < 4.78 is 0. The maximum atomic E-state index is 13.5. The number of fused-ring (bicyclic) bond motifs is 1. The smallest absolute Gasteiger partial charge is 0.287 e. The molecule has 1 saturated heterocycles. The van der Waals surface area contributed by atoms with Gasteiger partial charge in [-0.3, -0.25) is 9.59 Å². The van der Waals surface area contributed by atoms with E-state index in [2.05, 4.69) is 9.89 Å². The average molecular weight is 438 g/mol. The molecule has 0 unspecified atom stereocenters. The van der Waals surface area contributed by atoms with Crippen molar-refractivity contribution in [2.75, 3.05) is 18.0 Å². The molecule has 1 fully saturated rings. The third-order valence-corrected chi connectivity index (χ3v) is 6.98. The van der Waals surface area contributed by atoms with Crippen LogP contribution in [0, 0.1) is 0 Å². The van der Waals surface area contributed by atoms with Crippen LogP contribution in [0.2, 0.25) is 5.02 Å². The summed E-state index contributed by atoms with van der Waals surface area (Å²) in [6.45, 7) is 2.24. The summed E-state index contributed by atoms with van der Waals surface area (Å²) in [5, 5.41) is 1.38. The maximum absolute atomic E-state index is 13.5. The molecule has 0 N–H and O–H groups in total. The van der Waals surface area contributed by atoms with Crippen LogP contribution in [0.1, 0.15) is 30.4 Å². The van der Waals surface area contributed by atoms with Gasteiger partial charge in [-0.2, -0.15) is 4.99 Å². The van der Waals surface area contributed by atoms with Crippen molar-refractivity contribution in [1.82, 2.24) is 4.90 Å². The lowest BCUT2D eigenvalue weighted by Gasteiger charge is -2.27. The maximum Gasteiger partial charge on any atom is 0.287 e. The molecular formula is C23H20ClN3O2S. The number of thioether (sulfide) groups is 1. The fraction of sp³-hybridized carbons (Fsp3) is 0.261. The van der Waals surface area contributed by atoms with E-state index in [4.69, 9.17) is 11.6 Å². The van der Waals surface area contributed by atoms with E-state index >= 15 is 0 Å². The highest BCUT2D eigenvalue weighted by Crippen LogP contribution is 2.44. The number of amides is 2. The van der Waals surface area contributed by atoms with E-state index in [0.717, 1.165) is 47.9 Å². The quantitative estimate of drug-likeness (QED) is 0.638. The average Bonchev–Trinajstić information content (AvgIpc) is 3.28. The first-order chi connectivity index (χ1) is 14.6. The number of likely N-dealkylation sites (tertiary alicyclic amines) is 1. The lowest BCUT2D eigenvalue weighted by Crippen LogP contribution is -2.33. The summed E-state index contributed by atoms with van der Waals surface area (Å²) in [4.78, 5) is 34.9. The van der Waals surface area contributed by atoms with Crippen LogP contribution in [0.5, 0.6) is 0 Å². The molecule has 3 heterocycles. The van der Waals surface area contributed by atoms with Gasteiger partial charge in [0.25, 0.3) is 11.8 Å². The van der Waals surface area contributed by atoms with Crippen molar-refractivity contribution in [3.8, 4) is 0 Å². The zero-order valence-corrected chi connectivity index (χ0v) is 17.9. The Balaban J connectivity index is 1.49. The molecule has 152 valence electrons. The molecule has 5 rings (SSSR count). The van der Waals surface area contributed by atoms with Gasteiger partial charge in [0, 0.05) is 23.7 Å². The molecule has 3 aliphatic heterocycles. The van der Waals surface area contributed by atoms with Gasteiger partial charge in [0.1, 0.15) is 0 Å². The van der Waals surface area contributed by atoms with Crippen LogP contribution in [-0.2, 0) is 16.1 Å². The van der Waals surface area contributed by atoms with Crippen LogP contribution < -0.4 is 4.90 Å². The Morgan fingerprint density at radius 2 is 1.70 bits per heavy atom. The number of benzene rings is 2. The Bertz CT molecular complexity index is 1090. The molecule has 0 bridgehead atoms. The summed E-state index contributed by atoms with van der Waals surface area (Å²) >= 11 is 7.34. The van der Waals surface area contributed by atoms with Crippen molar-refractivity contribution in [2.24, 2.45) is 4.99 Å².